The van der Waals surface area contributed by atoms with E-state index in [-0.39, 0.29) is 24.3 Å². The first-order valence-electron chi connectivity index (χ1n) is 23.5. The predicted molar refractivity (Wildman–Crippen MR) is 263 cm³/mol. The van der Waals surface area contributed by atoms with Crippen molar-refractivity contribution in [3.05, 3.63) is 66.8 Å². The quantitative estimate of drug-likeness (QED) is 0.0728. The van der Waals surface area contributed by atoms with Crippen LogP contribution in [-0.4, -0.2) is 110 Å². The highest BCUT2D eigenvalue weighted by Crippen LogP contribution is 2.37. The Morgan fingerprint density at radius 2 is 1.14 bits per heavy atom. The zero-order chi connectivity index (χ0) is 47.6. The number of aromatic nitrogens is 7. The van der Waals surface area contributed by atoms with E-state index in [1.165, 1.54) is 0 Å². The first kappa shape index (κ1) is 48.9. The highest BCUT2D eigenvalue weighted by Gasteiger charge is 2.38. The summed E-state index contributed by atoms with van der Waals surface area (Å²) in [4.78, 5) is 54.7. The third kappa shape index (κ3) is 12.3. The Balaban J connectivity index is 1.14. The highest BCUT2D eigenvalue weighted by atomic mass is 28.3. The number of carbonyl (C=O) groups excluding carboxylic acids is 2. The van der Waals surface area contributed by atoms with E-state index >= 15 is 0 Å². The van der Waals surface area contributed by atoms with Crippen LogP contribution >= 0.6 is 0 Å². The lowest BCUT2D eigenvalue weighted by Crippen LogP contribution is -2.37. The maximum absolute atomic E-state index is 13.4. The number of ether oxygens (including phenoxy) is 4. The molecule has 2 atom stereocenters. The molecule has 15 nitrogen and oxygen atoms in total. The molecule has 0 bridgehead atoms. The van der Waals surface area contributed by atoms with E-state index in [4.69, 9.17) is 43.9 Å². The Hall–Kier alpha value is -4.98. The fourth-order valence-electron chi connectivity index (χ4n) is 8.25. The van der Waals surface area contributed by atoms with Crippen molar-refractivity contribution in [1.29, 1.82) is 0 Å². The van der Waals surface area contributed by atoms with E-state index in [9.17, 15) is 9.59 Å². The lowest BCUT2D eigenvalue weighted by atomic mass is 10.1. The van der Waals surface area contributed by atoms with Gasteiger partial charge in [-0.05, 0) is 104 Å². The van der Waals surface area contributed by atoms with Crippen LogP contribution in [0, 0.1) is 0 Å². The standard InChI is InChI=1S/C49H71N9O6Si2/c1-48(2,3)63-46(59)55-21-13-15-39(55)44-52-30-41(57(44)32-61-23-25-65(7,8)9)34-17-19-37-36(27-34)29-51-43(54-37)38-20-18-35(28-50-38)42-31-53-45(58(42)33-62-24-26-66(10,11)12)40-16-14-22-56(40)47(60)64-49(4,5)6/h17-20,27-31,39-40H,13-16,21-26,32-33H2,1-12H3/t39-,40-/m0/s1. The molecule has 0 saturated carbocycles. The lowest BCUT2D eigenvalue weighted by Gasteiger charge is -2.29. The van der Waals surface area contributed by atoms with Gasteiger partial charge in [0.2, 0.25) is 0 Å². The minimum atomic E-state index is -1.31. The number of amides is 2. The molecule has 0 radical (unpaired) electrons. The van der Waals surface area contributed by atoms with Crippen LogP contribution in [0.2, 0.25) is 51.4 Å². The first-order valence-corrected chi connectivity index (χ1v) is 30.9. The Labute approximate surface area is 392 Å². The molecule has 0 N–H and O–H groups in total. The molecule has 2 aliphatic heterocycles. The summed E-state index contributed by atoms with van der Waals surface area (Å²) in [6.07, 6.45) is 10.0. The van der Waals surface area contributed by atoms with Crippen LogP contribution in [0.15, 0.2) is 55.1 Å². The molecule has 0 spiro atoms. The Kier molecular flexibility index (Phi) is 14.6. The molecule has 17 heteroatoms. The van der Waals surface area contributed by atoms with Crippen molar-refractivity contribution in [3.8, 4) is 34.0 Å². The van der Waals surface area contributed by atoms with Gasteiger partial charge in [0.05, 0.1) is 41.4 Å². The molecule has 0 unspecified atom stereocenters. The van der Waals surface area contributed by atoms with Crippen LogP contribution in [0.5, 0.6) is 0 Å². The number of likely N-dealkylation sites (tertiary alicyclic amines) is 2. The maximum Gasteiger partial charge on any atom is 0.410 e. The van der Waals surface area contributed by atoms with Gasteiger partial charge in [-0.2, -0.15) is 0 Å². The second-order valence-corrected chi connectivity index (χ2v) is 33.4. The smallest absolute Gasteiger partial charge is 0.410 e. The number of nitrogens with zero attached hydrogens (tertiary/aromatic N) is 9. The van der Waals surface area contributed by atoms with Crippen molar-refractivity contribution < 1.29 is 28.5 Å². The number of hydrogen-bond acceptors (Lipinski definition) is 11. The Morgan fingerprint density at radius 1 is 0.636 bits per heavy atom. The molecule has 7 rings (SSSR count). The van der Waals surface area contributed by atoms with Gasteiger partial charge in [0.1, 0.15) is 42.0 Å². The van der Waals surface area contributed by atoms with Gasteiger partial charge in [-0.3, -0.25) is 14.8 Å². The number of imidazole rings is 2. The summed E-state index contributed by atoms with van der Waals surface area (Å²) in [7, 11) is -2.62. The normalized spacial score (nSPS) is 17.3. The number of carbonyl (C=O) groups is 2. The molecule has 1 aromatic carbocycles. The molecule has 6 heterocycles. The van der Waals surface area contributed by atoms with E-state index in [0.717, 1.165) is 82.8 Å². The minimum absolute atomic E-state index is 0.225. The third-order valence-electron chi connectivity index (χ3n) is 11.7. The molecule has 2 fully saturated rings. The highest BCUT2D eigenvalue weighted by molar-refractivity contribution is 6.76. The summed E-state index contributed by atoms with van der Waals surface area (Å²) in [5.74, 6) is 2.08. The molecule has 0 aliphatic carbocycles. The molecular weight excluding hydrogens is 867 g/mol. The average molecular weight is 938 g/mol. The predicted octanol–water partition coefficient (Wildman–Crippen LogP) is 11.2. The summed E-state index contributed by atoms with van der Waals surface area (Å²) in [6, 6.07) is 11.7. The van der Waals surface area contributed by atoms with Crippen molar-refractivity contribution in [1.82, 2.24) is 43.9 Å². The van der Waals surface area contributed by atoms with Gasteiger partial charge in [0.15, 0.2) is 5.82 Å². The van der Waals surface area contributed by atoms with Crippen molar-refractivity contribution in [2.24, 2.45) is 0 Å². The number of fused-ring (bicyclic) bond motifs is 1. The van der Waals surface area contributed by atoms with Gasteiger partial charge in [-0.1, -0.05) is 45.3 Å². The second-order valence-electron chi connectivity index (χ2n) is 22.1. The second kappa shape index (κ2) is 19.7. The molecular formula is C49H71N9O6Si2. The molecule has 2 amide bonds. The van der Waals surface area contributed by atoms with E-state index in [1.54, 1.807) is 9.80 Å². The van der Waals surface area contributed by atoms with E-state index in [0.29, 0.717) is 51.3 Å². The molecule has 2 saturated heterocycles. The summed E-state index contributed by atoms with van der Waals surface area (Å²) in [6.45, 7) is 28.5. The maximum atomic E-state index is 13.4. The topological polar surface area (TPSA) is 152 Å². The number of pyridine rings is 1. The van der Waals surface area contributed by atoms with Gasteiger partial charge < -0.3 is 28.1 Å². The average Bonchev–Trinajstić information content (AvgIpc) is 4.05. The molecule has 4 aromatic heterocycles. The van der Waals surface area contributed by atoms with Crippen molar-refractivity contribution in [2.45, 2.75) is 155 Å². The first-order chi connectivity index (χ1) is 31.0. The largest absolute Gasteiger partial charge is 0.444 e. The third-order valence-corrected chi connectivity index (χ3v) is 15.1. The molecule has 66 heavy (non-hydrogen) atoms. The van der Waals surface area contributed by atoms with Gasteiger partial charge in [-0.25, -0.2) is 29.5 Å². The van der Waals surface area contributed by atoms with Gasteiger partial charge >= 0.3 is 12.2 Å². The Bertz CT molecular complexity index is 2480. The summed E-state index contributed by atoms with van der Waals surface area (Å²) >= 11 is 0. The van der Waals surface area contributed by atoms with E-state index in [2.05, 4.69) is 54.5 Å². The number of benzene rings is 1. The Morgan fingerprint density at radius 3 is 1.61 bits per heavy atom. The fourth-order valence-corrected chi connectivity index (χ4v) is 9.77. The zero-order valence-corrected chi connectivity index (χ0v) is 43.3. The lowest BCUT2D eigenvalue weighted by molar-refractivity contribution is 0.0195. The van der Waals surface area contributed by atoms with Crippen LogP contribution in [0.4, 0.5) is 9.59 Å². The van der Waals surface area contributed by atoms with Crippen LogP contribution in [0.3, 0.4) is 0 Å². The SMILES string of the molecule is CC(C)(C)OC(=O)N1CCC[C@H]1c1ncc(-c2ccc(-c3ncc4cc(-c5cnc([C@@H]6CCCN6C(=O)OC(C)(C)C)n5COCC[Si](C)(C)C)ccc4n3)nc2)n1COCC[Si](C)(C)C. The minimum Gasteiger partial charge on any atom is -0.444 e. The molecule has 356 valence electrons. The van der Waals surface area contributed by atoms with Crippen LogP contribution in [0.25, 0.3) is 44.9 Å². The summed E-state index contributed by atoms with van der Waals surface area (Å²) in [5.41, 5.74) is 3.79. The summed E-state index contributed by atoms with van der Waals surface area (Å²) < 4.78 is 28.4. The molecule has 2 aliphatic rings. The summed E-state index contributed by atoms with van der Waals surface area (Å²) in [5, 5.41) is 0.871. The number of hydrogen-bond donors (Lipinski definition) is 0. The van der Waals surface area contributed by atoms with Gasteiger partial charge in [0, 0.05) is 71.4 Å². The molecule has 5 aromatic rings. The van der Waals surface area contributed by atoms with Crippen molar-refractivity contribution >= 4 is 39.2 Å². The van der Waals surface area contributed by atoms with Crippen LogP contribution in [-0.2, 0) is 32.4 Å². The van der Waals surface area contributed by atoms with Gasteiger partial charge in [0.25, 0.3) is 0 Å². The van der Waals surface area contributed by atoms with Crippen molar-refractivity contribution in [3.63, 3.8) is 0 Å². The van der Waals surface area contributed by atoms with Crippen molar-refractivity contribution in [2.75, 3.05) is 26.3 Å². The van der Waals surface area contributed by atoms with Crippen LogP contribution < -0.4 is 0 Å². The van der Waals surface area contributed by atoms with Crippen LogP contribution in [0.1, 0.15) is 91.0 Å². The van der Waals surface area contributed by atoms with E-state index in [1.807, 2.05) is 90.6 Å². The fraction of sp³-hybridized carbons (Fsp3) is 0.571. The van der Waals surface area contributed by atoms with Gasteiger partial charge in [-0.15, -0.1) is 0 Å². The van der Waals surface area contributed by atoms with E-state index < -0.39 is 27.3 Å². The zero-order valence-electron chi connectivity index (χ0n) is 41.3. The number of rotatable bonds is 15. The monoisotopic (exact) mass is 938 g/mol.